The fraction of sp³-hybridized carbons (Fsp3) is 0.100. The van der Waals surface area contributed by atoms with Crippen molar-refractivity contribution in [1.29, 1.82) is 0 Å². The Morgan fingerprint density at radius 3 is 2.74 bits per heavy atom. The van der Waals surface area contributed by atoms with Crippen LogP contribution < -0.4 is 0 Å². The van der Waals surface area contributed by atoms with Crippen LogP contribution in [0.4, 0.5) is 0 Å². The van der Waals surface area contributed by atoms with Crippen molar-refractivity contribution in [1.82, 2.24) is 15.0 Å². The standard InChI is InChI=1S/C20H14N4OS2/c25-20(19-2-1-8-27-19)24-18(11-16(23-24)14-5-9-26-12-14)13-3-4-15-17(10-13)22-7-6-21-15/h1-10,12,18H,11H2/t18-/m1/s1. The molecule has 0 unspecified atom stereocenters. The molecule has 5 rings (SSSR count). The van der Waals surface area contributed by atoms with Crippen LogP contribution in [0.15, 0.2) is 70.0 Å². The van der Waals surface area contributed by atoms with Crippen molar-refractivity contribution in [2.75, 3.05) is 0 Å². The third-order valence-electron chi connectivity index (χ3n) is 4.58. The summed E-state index contributed by atoms with van der Waals surface area (Å²) < 4.78 is 0. The Kier molecular flexibility index (Phi) is 4.03. The molecule has 3 aromatic heterocycles. The molecule has 1 aliphatic heterocycles. The molecule has 1 aliphatic rings. The number of amides is 1. The van der Waals surface area contributed by atoms with Gasteiger partial charge in [-0.3, -0.25) is 14.8 Å². The molecule has 0 bridgehead atoms. The summed E-state index contributed by atoms with van der Waals surface area (Å²) in [4.78, 5) is 22.5. The molecule has 0 radical (unpaired) electrons. The molecule has 27 heavy (non-hydrogen) atoms. The number of benzene rings is 1. The van der Waals surface area contributed by atoms with Gasteiger partial charge in [0, 0.05) is 24.4 Å². The van der Waals surface area contributed by atoms with Gasteiger partial charge < -0.3 is 0 Å². The smallest absolute Gasteiger partial charge is 0.266 e. The summed E-state index contributed by atoms with van der Waals surface area (Å²) in [6.07, 6.45) is 4.05. The molecule has 1 atom stereocenters. The number of carbonyl (C=O) groups excluding carboxylic acids is 1. The van der Waals surface area contributed by atoms with Crippen molar-refractivity contribution in [3.8, 4) is 0 Å². The summed E-state index contributed by atoms with van der Waals surface area (Å²) in [7, 11) is 0. The van der Waals surface area contributed by atoms with E-state index in [1.807, 2.05) is 47.2 Å². The molecule has 4 heterocycles. The van der Waals surface area contributed by atoms with E-state index in [4.69, 9.17) is 5.10 Å². The Morgan fingerprint density at radius 2 is 1.96 bits per heavy atom. The van der Waals surface area contributed by atoms with E-state index in [9.17, 15) is 4.79 Å². The summed E-state index contributed by atoms with van der Waals surface area (Å²) in [5.74, 6) is -0.0699. The highest BCUT2D eigenvalue weighted by Crippen LogP contribution is 2.35. The molecule has 7 heteroatoms. The maximum Gasteiger partial charge on any atom is 0.284 e. The van der Waals surface area contributed by atoms with E-state index in [0.717, 1.165) is 27.9 Å². The number of hydrogen-bond acceptors (Lipinski definition) is 6. The van der Waals surface area contributed by atoms with Crippen LogP contribution >= 0.6 is 22.7 Å². The van der Waals surface area contributed by atoms with Gasteiger partial charge >= 0.3 is 0 Å². The molecule has 0 saturated carbocycles. The molecule has 0 saturated heterocycles. The molecule has 1 aromatic carbocycles. The predicted molar refractivity (Wildman–Crippen MR) is 108 cm³/mol. The topological polar surface area (TPSA) is 58.5 Å². The lowest BCUT2D eigenvalue weighted by molar-refractivity contribution is 0.0716. The fourth-order valence-electron chi connectivity index (χ4n) is 3.26. The van der Waals surface area contributed by atoms with Gasteiger partial charge in [-0.1, -0.05) is 12.1 Å². The zero-order valence-electron chi connectivity index (χ0n) is 14.1. The number of thiophene rings is 2. The zero-order chi connectivity index (χ0) is 18.2. The van der Waals surface area contributed by atoms with Crippen molar-refractivity contribution in [3.05, 3.63) is 80.9 Å². The highest BCUT2D eigenvalue weighted by Gasteiger charge is 2.34. The summed E-state index contributed by atoms with van der Waals surface area (Å²) in [5.41, 5.74) is 4.69. The lowest BCUT2D eigenvalue weighted by Gasteiger charge is -2.21. The lowest BCUT2D eigenvalue weighted by Crippen LogP contribution is -2.26. The van der Waals surface area contributed by atoms with Gasteiger partial charge in [0.25, 0.3) is 5.91 Å². The van der Waals surface area contributed by atoms with Gasteiger partial charge in [0.1, 0.15) is 0 Å². The van der Waals surface area contributed by atoms with Crippen LogP contribution in [0.1, 0.15) is 33.3 Å². The van der Waals surface area contributed by atoms with Gasteiger partial charge in [0.05, 0.1) is 27.7 Å². The van der Waals surface area contributed by atoms with Crippen LogP contribution in [0.25, 0.3) is 11.0 Å². The van der Waals surface area contributed by atoms with Crippen molar-refractivity contribution in [2.45, 2.75) is 12.5 Å². The van der Waals surface area contributed by atoms with Gasteiger partial charge in [-0.05, 0) is 46.0 Å². The van der Waals surface area contributed by atoms with E-state index in [-0.39, 0.29) is 11.9 Å². The zero-order valence-corrected chi connectivity index (χ0v) is 15.8. The molecular formula is C20H14N4OS2. The summed E-state index contributed by atoms with van der Waals surface area (Å²) in [6, 6.07) is 11.6. The van der Waals surface area contributed by atoms with E-state index in [1.165, 1.54) is 11.3 Å². The third kappa shape index (κ3) is 2.94. The minimum Gasteiger partial charge on any atom is -0.266 e. The second-order valence-corrected chi connectivity index (χ2v) is 7.94. The summed E-state index contributed by atoms with van der Waals surface area (Å²) in [6.45, 7) is 0. The molecule has 0 spiro atoms. The Morgan fingerprint density at radius 1 is 1.07 bits per heavy atom. The van der Waals surface area contributed by atoms with Crippen molar-refractivity contribution in [3.63, 3.8) is 0 Å². The van der Waals surface area contributed by atoms with E-state index < -0.39 is 0 Å². The van der Waals surface area contributed by atoms with Crippen molar-refractivity contribution < 1.29 is 4.79 Å². The first-order valence-corrected chi connectivity index (χ1v) is 10.3. The summed E-state index contributed by atoms with van der Waals surface area (Å²) >= 11 is 3.07. The van der Waals surface area contributed by atoms with Gasteiger partial charge in [-0.25, -0.2) is 5.01 Å². The second kappa shape index (κ2) is 6.68. The molecule has 1 amide bonds. The number of carbonyl (C=O) groups is 1. The Bertz CT molecular complexity index is 1140. The minimum absolute atomic E-state index is 0.0699. The number of hydrogen-bond donors (Lipinski definition) is 0. The van der Waals surface area contributed by atoms with E-state index in [1.54, 1.807) is 28.7 Å². The van der Waals surface area contributed by atoms with Crippen molar-refractivity contribution >= 4 is 45.3 Å². The molecule has 0 N–H and O–H groups in total. The van der Waals surface area contributed by atoms with Crippen LogP contribution in [0.2, 0.25) is 0 Å². The normalized spacial score (nSPS) is 16.7. The number of nitrogens with zero attached hydrogens (tertiary/aromatic N) is 4. The summed E-state index contributed by atoms with van der Waals surface area (Å²) in [5, 5.41) is 12.3. The van der Waals surface area contributed by atoms with Crippen LogP contribution in [0, 0.1) is 0 Å². The predicted octanol–water partition coefficient (Wildman–Crippen LogP) is 4.74. The highest BCUT2D eigenvalue weighted by molar-refractivity contribution is 7.12. The van der Waals surface area contributed by atoms with E-state index in [0.29, 0.717) is 11.3 Å². The van der Waals surface area contributed by atoms with Crippen LogP contribution in [-0.2, 0) is 0 Å². The number of rotatable bonds is 3. The van der Waals surface area contributed by atoms with E-state index >= 15 is 0 Å². The second-order valence-electron chi connectivity index (χ2n) is 6.21. The highest BCUT2D eigenvalue weighted by atomic mass is 32.1. The van der Waals surface area contributed by atoms with Gasteiger partial charge in [-0.2, -0.15) is 16.4 Å². The lowest BCUT2D eigenvalue weighted by atomic mass is 9.99. The first-order chi connectivity index (χ1) is 13.3. The maximum absolute atomic E-state index is 13.1. The molecule has 0 aliphatic carbocycles. The first kappa shape index (κ1) is 16.3. The molecular weight excluding hydrogens is 376 g/mol. The fourth-order valence-corrected chi connectivity index (χ4v) is 4.58. The van der Waals surface area contributed by atoms with Crippen LogP contribution in [-0.4, -0.2) is 26.6 Å². The van der Waals surface area contributed by atoms with Crippen molar-refractivity contribution in [2.24, 2.45) is 5.10 Å². The number of hydrazone groups is 1. The number of fused-ring (bicyclic) bond motifs is 1. The van der Waals surface area contributed by atoms with Crippen LogP contribution in [0.5, 0.6) is 0 Å². The van der Waals surface area contributed by atoms with Gasteiger partial charge in [-0.15, -0.1) is 11.3 Å². The molecule has 0 fully saturated rings. The molecule has 4 aromatic rings. The Hall–Kier alpha value is -2.90. The average Bonchev–Trinajstić information content (AvgIpc) is 3.48. The average molecular weight is 390 g/mol. The van der Waals surface area contributed by atoms with E-state index in [2.05, 4.69) is 15.3 Å². The van der Waals surface area contributed by atoms with Crippen LogP contribution in [0.3, 0.4) is 0 Å². The minimum atomic E-state index is -0.152. The van der Waals surface area contributed by atoms with Gasteiger partial charge in [0.2, 0.25) is 0 Å². The monoisotopic (exact) mass is 390 g/mol. The SMILES string of the molecule is O=C(c1cccs1)N1N=C(c2ccsc2)C[C@@H]1c1ccc2nccnc2c1. The Labute approximate surface area is 163 Å². The third-order valence-corrected chi connectivity index (χ3v) is 6.12. The largest absolute Gasteiger partial charge is 0.284 e. The maximum atomic E-state index is 13.1. The Balaban J connectivity index is 1.57. The van der Waals surface area contributed by atoms with Gasteiger partial charge in [0.15, 0.2) is 0 Å². The first-order valence-electron chi connectivity index (χ1n) is 8.47. The quantitative estimate of drug-likeness (QED) is 0.507. The molecule has 132 valence electrons. The number of aromatic nitrogens is 2. The molecule has 5 nitrogen and oxygen atoms in total.